The number of H-pyrrole nitrogens is 1. The van der Waals surface area contributed by atoms with Crippen LogP contribution in [-0.2, 0) is 11.3 Å². The number of rotatable bonds is 4. The minimum atomic E-state index is -0.159. The van der Waals surface area contributed by atoms with E-state index in [0.29, 0.717) is 5.56 Å². The molecule has 4 heteroatoms. The molecule has 1 heterocycles. The fourth-order valence-electron chi connectivity index (χ4n) is 3.15. The summed E-state index contributed by atoms with van der Waals surface area (Å²) in [4.78, 5) is 30.2. The predicted octanol–water partition coefficient (Wildman–Crippen LogP) is 4.64. The summed E-state index contributed by atoms with van der Waals surface area (Å²) in [6, 6.07) is 13.8. The van der Waals surface area contributed by atoms with Gasteiger partial charge in [-0.1, -0.05) is 32.0 Å². The first-order chi connectivity index (χ1) is 12.8. The van der Waals surface area contributed by atoms with Gasteiger partial charge in [-0.2, -0.15) is 0 Å². The molecule has 3 rings (SSSR count). The second-order valence-electron chi connectivity index (χ2n) is 7.56. The average Bonchev–Trinajstić information content (AvgIpc) is 2.61. The zero-order chi connectivity index (χ0) is 19.7. The number of carbonyl (C=O) groups is 1. The van der Waals surface area contributed by atoms with E-state index in [0.717, 1.165) is 27.7 Å². The van der Waals surface area contributed by atoms with E-state index < -0.39 is 0 Å². The van der Waals surface area contributed by atoms with Crippen LogP contribution in [0.2, 0.25) is 0 Å². The Hall–Kier alpha value is -2.88. The van der Waals surface area contributed by atoms with Crippen LogP contribution in [0.4, 0.5) is 5.69 Å². The van der Waals surface area contributed by atoms with Gasteiger partial charge in [0.1, 0.15) is 0 Å². The molecule has 140 valence electrons. The second kappa shape index (κ2) is 7.39. The van der Waals surface area contributed by atoms with Crippen molar-refractivity contribution >= 4 is 22.5 Å². The lowest BCUT2D eigenvalue weighted by molar-refractivity contribution is -0.121. The highest BCUT2D eigenvalue weighted by molar-refractivity contribution is 5.94. The number of hydrogen-bond acceptors (Lipinski definition) is 2. The monoisotopic (exact) mass is 362 g/mol. The van der Waals surface area contributed by atoms with Gasteiger partial charge in [0.15, 0.2) is 0 Å². The van der Waals surface area contributed by atoms with Crippen LogP contribution < -0.4 is 10.5 Å². The lowest BCUT2D eigenvalue weighted by Gasteiger charge is -2.25. The Morgan fingerprint density at radius 2 is 1.74 bits per heavy atom. The van der Waals surface area contributed by atoms with Crippen LogP contribution in [0.1, 0.15) is 36.1 Å². The van der Waals surface area contributed by atoms with E-state index >= 15 is 0 Å². The maximum atomic E-state index is 12.9. The van der Waals surface area contributed by atoms with Gasteiger partial charge < -0.3 is 9.88 Å². The highest BCUT2D eigenvalue weighted by Crippen LogP contribution is 2.23. The van der Waals surface area contributed by atoms with Crippen molar-refractivity contribution in [2.75, 3.05) is 4.90 Å². The Morgan fingerprint density at radius 1 is 1.00 bits per heavy atom. The predicted molar refractivity (Wildman–Crippen MR) is 111 cm³/mol. The fraction of sp³-hybridized carbons (Fsp3) is 0.304. The molecule has 0 aliphatic heterocycles. The third-order valence-electron chi connectivity index (χ3n) is 4.97. The molecule has 4 nitrogen and oxygen atoms in total. The SMILES string of the molecule is Cc1ccc2cc(CN(C(=O)C(C)C)c3ccc(C)c(C)c3)c(=O)[nH]c2c1. The maximum Gasteiger partial charge on any atom is 0.253 e. The minimum absolute atomic E-state index is 0.00153. The van der Waals surface area contributed by atoms with Gasteiger partial charge in [0, 0.05) is 22.7 Å². The summed E-state index contributed by atoms with van der Waals surface area (Å²) in [7, 11) is 0. The van der Waals surface area contributed by atoms with Crippen molar-refractivity contribution in [3.8, 4) is 0 Å². The largest absolute Gasteiger partial charge is 0.322 e. The Balaban J connectivity index is 2.06. The van der Waals surface area contributed by atoms with E-state index in [1.54, 1.807) is 4.90 Å². The molecular weight excluding hydrogens is 336 g/mol. The topological polar surface area (TPSA) is 53.2 Å². The number of nitrogens with one attached hydrogen (secondary N) is 1. The number of fused-ring (bicyclic) bond motifs is 1. The van der Waals surface area contributed by atoms with Crippen molar-refractivity contribution < 1.29 is 4.79 Å². The van der Waals surface area contributed by atoms with Crippen molar-refractivity contribution in [3.05, 3.63) is 75.1 Å². The van der Waals surface area contributed by atoms with Crippen LogP contribution >= 0.6 is 0 Å². The molecule has 27 heavy (non-hydrogen) atoms. The molecule has 1 aromatic heterocycles. The van der Waals surface area contributed by atoms with Gasteiger partial charge in [-0.25, -0.2) is 0 Å². The van der Waals surface area contributed by atoms with Crippen molar-refractivity contribution in [2.24, 2.45) is 5.92 Å². The molecule has 2 aromatic carbocycles. The smallest absolute Gasteiger partial charge is 0.253 e. The van der Waals surface area contributed by atoms with Gasteiger partial charge in [0.2, 0.25) is 5.91 Å². The molecule has 0 fully saturated rings. The van der Waals surface area contributed by atoms with Crippen LogP contribution in [0.15, 0.2) is 47.3 Å². The molecule has 0 spiro atoms. The summed E-state index contributed by atoms with van der Waals surface area (Å²) in [6.45, 7) is 10.1. The van der Waals surface area contributed by atoms with Crippen LogP contribution in [0, 0.1) is 26.7 Å². The van der Waals surface area contributed by atoms with E-state index in [9.17, 15) is 9.59 Å². The van der Waals surface area contributed by atoms with Crippen LogP contribution in [0.3, 0.4) is 0 Å². The maximum absolute atomic E-state index is 12.9. The molecule has 1 N–H and O–H groups in total. The van der Waals surface area contributed by atoms with Gasteiger partial charge in [-0.3, -0.25) is 9.59 Å². The van der Waals surface area contributed by atoms with Crippen LogP contribution in [0.25, 0.3) is 10.9 Å². The standard InChI is InChI=1S/C23H26N2O2/c1-14(2)23(27)25(20-9-7-16(4)17(5)11-20)13-19-12-18-8-6-15(3)10-21(18)24-22(19)26/h6-12,14H,13H2,1-5H3,(H,24,26). The number of aromatic amines is 1. The summed E-state index contributed by atoms with van der Waals surface area (Å²) in [5.41, 5.74) is 5.46. The van der Waals surface area contributed by atoms with E-state index in [2.05, 4.69) is 4.98 Å². The first-order valence-corrected chi connectivity index (χ1v) is 9.27. The summed E-state index contributed by atoms with van der Waals surface area (Å²) >= 11 is 0. The molecule has 0 radical (unpaired) electrons. The Labute approximate surface area is 159 Å². The molecule has 0 saturated heterocycles. The summed E-state index contributed by atoms with van der Waals surface area (Å²) in [6.07, 6.45) is 0. The van der Waals surface area contributed by atoms with E-state index in [1.165, 1.54) is 5.56 Å². The zero-order valence-electron chi connectivity index (χ0n) is 16.6. The van der Waals surface area contributed by atoms with Gasteiger partial charge in [-0.15, -0.1) is 0 Å². The Morgan fingerprint density at radius 3 is 2.41 bits per heavy atom. The fourth-order valence-corrected chi connectivity index (χ4v) is 3.15. The lowest BCUT2D eigenvalue weighted by Crippen LogP contribution is -2.35. The first-order valence-electron chi connectivity index (χ1n) is 9.27. The van der Waals surface area contributed by atoms with Crippen molar-refractivity contribution in [2.45, 2.75) is 41.2 Å². The van der Waals surface area contributed by atoms with E-state index in [1.807, 2.05) is 77.1 Å². The van der Waals surface area contributed by atoms with Gasteiger partial charge >= 0.3 is 0 Å². The second-order valence-corrected chi connectivity index (χ2v) is 7.56. The van der Waals surface area contributed by atoms with Gasteiger partial charge in [0.25, 0.3) is 5.56 Å². The number of anilines is 1. The number of nitrogens with zero attached hydrogens (tertiary/aromatic N) is 1. The van der Waals surface area contributed by atoms with Crippen molar-refractivity contribution in [1.82, 2.24) is 4.98 Å². The number of amides is 1. The molecule has 0 unspecified atom stereocenters. The Kier molecular flexibility index (Phi) is 5.17. The third-order valence-corrected chi connectivity index (χ3v) is 4.97. The summed E-state index contributed by atoms with van der Waals surface area (Å²) < 4.78 is 0. The summed E-state index contributed by atoms with van der Waals surface area (Å²) in [5.74, 6) is -0.157. The molecular formula is C23H26N2O2. The van der Waals surface area contributed by atoms with Crippen molar-refractivity contribution in [3.63, 3.8) is 0 Å². The van der Waals surface area contributed by atoms with Gasteiger partial charge in [0.05, 0.1) is 6.54 Å². The molecule has 0 bridgehead atoms. The van der Waals surface area contributed by atoms with E-state index in [-0.39, 0.29) is 23.9 Å². The molecule has 0 atom stereocenters. The van der Waals surface area contributed by atoms with Crippen molar-refractivity contribution in [1.29, 1.82) is 0 Å². The first kappa shape index (κ1) is 18.9. The van der Waals surface area contributed by atoms with Gasteiger partial charge in [-0.05, 0) is 67.1 Å². The molecule has 0 aliphatic carbocycles. The minimum Gasteiger partial charge on any atom is -0.322 e. The number of pyridine rings is 1. The molecule has 3 aromatic rings. The third kappa shape index (κ3) is 3.95. The number of aryl methyl sites for hydroxylation is 3. The number of aromatic nitrogens is 1. The average molecular weight is 362 g/mol. The highest BCUT2D eigenvalue weighted by Gasteiger charge is 2.21. The lowest BCUT2D eigenvalue weighted by atomic mass is 10.1. The zero-order valence-corrected chi connectivity index (χ0v) is 16.6. The van der Waals surface area contributed by atoms with E-state index in [4.69, 9.17) is 0 Å². The molecule has 0 saturated carbocycles. The van der Waals surface area contributed by atoms with Crippen LogP contribution in [-0.4, -0.2) is 10.9 Å². The molecule has 1 amide bonds. The number of carbonyl (C=O) groups excluding carboxylic acids is 1. The quantitative estimate of drug-likeness (QED) is 0.735. The number of hydrogen-bond donors (Lipinski definition) is 1. The normalized spacial score (nSPS) is 11.2. The molecule has 0 aliphatic rings. The van der Waals surface area contributed by atoms with Crippen LogP contribution in [0.5, 0.6) is 0 Å². The Bertz CT molecular complexity index is 1060. The highest BCUT2D eigenvalue weighted by atomic mass is 16.2. The summed E-state index contributed by atoms with van der Waals surface area (Å²) in [5, 5.41) is 0.965. The number of benzene rings is 2.